The SMILES string of the molecule is C[N+](=NCl)c1cc(Cl)ccc1Cl. The van der Waals surface area contributed by atoms with Gasteiger partial charge in [0.15, 0.2) is 7.05 Å². The Bertz CT molecular complexity index is 322. The largest absolute Gasteiger partial charge is 0.252 e. The normalized spacial score (nSPS) is 11.8. The van der Waals surface area contributed by atoms with Crippen LogP contribution < -0.4 is 0 Å². The first-order valence-electron chi connectivity index (χ1n) is 3.16. The number of halogens is 3. The summed E-state index contributed by atoms with van der Waals surface area (Å²) >= 11 is 16.9. The molecule has 0 spiro atoms. The van der Waals surface area contributed by atoms with Crippen molar-refractivity contribution in [2.24, 2.45) is 4.63 Å². The van der Waals surface area contributed by atoms with Crippen LogP contribution in [0.1, 0.15) is 0 Å². The van der Waals surface area contributed by atoms with Crippen molar-refractivity contribution in [1.29, 1.82) is 0 Å². The highest BCUT2D eigenvalue weighted by molar-refractivity contribution is 6.34. The standard InChI is InChI=1S/C7H6Cl3N2/c1-12(11-10)7-4-5(8)2-3-6(7)9/h2-4H,1H3/q+1. The Morgan fingerprint density at radius 3 is 2.58 bits per heavy atom. The summed E-state index contributed by atoms with van der Waals surface area (Å²) in [5.41, 5.74) is 0.680. The van der Waals surface area contributed by atoms with Crippen LogP contribution in [0.2, 0.25) is 10.0 Å². The molecule has 0 bridgehead atoms. The minimum Gasteiger partial charge on any atom is -0.0841 e. The Labute approximate surface area is 85.5 Å². The Morgan fingerprint density at radius 2 is 2.00 bits per heavy atom. The fraction of sp³-hybridized carbons (Fsp3) is 0.143. The molecule has 0 amide bonds. The summed E-state index contributed by atoms with van der Waals surface area (Å²) in [6.07, 6.45) is 0. The molecule has 0 N–H and O–H groups in total. The van der Waals surface area contributed by atoms with Crippen LogP contribution in [0, 0.1) is 0 Å². The van der Waals surface area contributed by atoms with Crippen molar-refractivity contribution in [3.63, 3.8) is 0 Å². The van der Waals surface area contributed by atoms with E-state index in [0.29, 0.717) is 15.7 Å². The van der Waals surface area contributed by atoms with Crippen molar-refractivity contribution in [3.05, 3.63) is 28.2 Å². The van der Waals surface area contributed by atoms with Crippen molar-refractivity contribution >= 4 is 40.7 Å². The van der Waals surface area contributed by atoms with Crippen LogP contribution in [-0.4, -0.2) is 11.7 Å². The van der Waals surface area contributed by atoms with E-state index < -0.39 is 0 Å². The van der Waals surface area contributed by atoms with Crippen LogP contribution in [0.3, 0.4) is 0 Å². The molecule has 1 aromatic carbocycles. The van der Waals surface area contributed by atoms with Crippen molar-refractivity contribution < 1.29 is 4.70 Å². The van der Waals surface area contributed by atoms with E-state index in [9.17, 15) is 0 Å². The Morgan fingerprint density at radius 1 is 1.33 bits per heavy atom. The molecule has 5 heteroatoms. The monoisotopic (exact) mass is 223 g/mol. The molecule has 0 saturated heterocycles. The molecular weight excluding hydrogens is 218 g/mol. The molecular formula is C7H6Cl3N2+. The molecule has 0 saturated carbocycles. The molecule has 1 rings (SSSR count). The molecule has 1 aromatic rings. The van der Waals surface area contributed by atoms with Gasteiger partial charge in [-0.15, -0.1) is 0 Å². The molecule has 2 nitrogen and oxygen atoms in total. The zero-order valence-corrected chi connectivity index (χ0v) is 8.53. The number of benzene rings is 1. The topological polar surface area (TPSA) is 15.4 Å². The van der Waals surface area contributed by atoms with Gasteiger partial charge in [0.2, 0.25) is 0 Å². The molecule has 0 aromatic heterocycles. The summed E-state index contributed by atoms with van der Waals surface area (Å²) in [5, 5.41) is 1.16. The molecule has 0 fully saturated rings. The molecule has 0 aliphatic carbocycles. The van der Waals surface area contributed by atoms with Crippen LogP contribution in [-0.2, 0) is 0 Å². The molecule has 64 valence electrons. The molecule has 0 heterocycles. The summed E-state index contributed by atoms with van der Waals surface area (Å²) in [7, 11) is 1.69. The van der Waals surface area contributed by atoms with Gasteiger partial charge in [0.05, 0.1) is 4.63 Å². The Kier molecular flexibility index (Phi) is 3.32. The van der Waals surface area contributed by atoms with E-state index >= 15 is 0 Å². The summed E-state index contributed by atoms with van der Waals surface area (Å²) in [6, 6.07) is 5.09. The maximum absolute atomic E-state index is 5.85. The van der Waals surface area contributed by atoms with Crippen LogP contribution in [0.15, 0.2) is 22.8 Å². The van der Waals surface area contributed by atoms with Gasteiger partial charge in [-0.25, -0.2) is 0 Å². The summed E-state index contributed by atoms with van der Waals surface area (Å²) in [6.45, 7) is 0. The number of rotatable bonds is 1. The number of hydrogen-bond acceptors (Lipinski definition) is 1. The van der Waals surface area contributed by atoms with Gasteiger partial charge in [0.25, 0.3) is 5.69 Å². The molecule has 0 atom stereocenters. The molecule has 0 unspecified atom stereocenters. The lowest BCUT2D eigenvalue weighted by Gasteiger charge is -1.95. The third-order valence-corrected chi connectivity index (χ3v) is 2.15. The van der Waals surface area contributed by atoms with Gasteiger partial charge in [-0.1, -0.05) is 27.9 Å². The Balaban J connectivity index is 3.23. The predicted octanol–water partition coefficient (Wildman–Crippen LogP) is 3.87. The first-order chi connectivity index (χ1) is 5.65. The minimum absolute atomic E-state index is 0.561. The highest BCUT2D eigenvalue weighted by Gasteiger charge is 2.11. The zero-order valence-electron chi connectivity index (χ0n) is 6.26. The van der Waals surface area contributed by atoms with Crippen LogP contribution in [0.25, 0.3) is 0 Å². The average Bonchev–Trinajstić information content (AvgIpc) is 2.08. The fourth-order valence-electron chi connectivity index (χ4n) is 0.775. The molecule has 0 aliphatic rings. The van der Waals surface area contributed by atoms with Crippen LogP contribution >= 0.6 is 35.0 Å². The summed E-state index contributed by atoms with van der Waals surface area (Å²) in [5.74, 6) is 0. The van der Waals surface area contributed by atoms with Crippen molar-refractivity contribution in [1.82, 2.24) is 0 Å². The van der Waals surface area contributed by atoms with Gasteiger partial charge in [-0.2, -0.15) is 0 Å². The van der Waals surface area contributed by atoms with Crippen molar-refractivity contribution in [3.8, 4) is 0 Å². The zero-order chi connectivity index (χ0) is 9.14. The first kappa shape index (κ1) is 9.78. The highest BCUT2D eigenvalue weighted by Crippen LogP contribution is 2.27. The third-order valence-electron chi connectivity index (χ3n) is 1.37. The third kappa shape index (κ3) is 2.09. The molecule has 12 heavy (non-hydrogen) atoms. The lowest BCUT2D eigenvalue weighted by atomic mass is 10.3. The molecule has 0 radical (unpaired) electrons. The quantitative estimate of drug-likeness (QED) is 0.508. The van der Waals surface area contributed by atoms with E-state index in [0.717, 1.165) is 0 Å². The van der Waals surface area contributed by atoms with Gasteiger partial charge in [-0.05, 0) is 12.1 Å². The Hall–Kier alpha value is -0.310. The molecule has 0 aliphatic heterocycles. The van der Waals surface area contributed by atoms with Crippen molar-refractivity contribution in [2.75, 3.05) is 7.05 Å². The second-order valence-corrected chi connectivity index (χ2v) is 3.19. The van der Waals surface area contributed by atoms with Crippen molar-refractivity contribution in [2.45, 2.75) is 0 Å². The van der Waals surface area contributed by atoms with E-state index in [1.807, 2.05) is 0 Å². The smallest absolute Gasteiger partial charge is 0.0841 e. The highest BCUT2D eigenvalue weighted by atomic mass is 35.5. The lowest BCUT2D eigenvalue weighted by Crippen LogP contribution is -1.92. The van der Waals surface area contributed by atoms with E-state index in [4.69, 9.17) is 35.0 Å². The maximum atomic E-state index is 5.85. The average molecular weight is 224 g/mol. The fourth-order valence-corrected chi connectivity index (χ4v) is 1.26. The maximum Gasteiger partial charge on any atom is 0.252 e. The van der Waals surface area contributed by atoms with Gasteiger partial charge in [0, 0.05) is 11.1 Å². The second-order valence-electron chi connectivity index (χ2n) is 2.19. The van der Waals surface area contributed by atoms with E-state index in [-0.39, 0.29) is 0 Å². The number of hydrogen-bond donors (Lipinski definition) is 0. The minimum atomic E-state index is 0.561. The van der Waals surface area contributed by atoms with Crippen LogP contribution in [0.5, 0.6) is 0 Å². The number of nitrogens with zero attached hydrogens (tertiary/aromatic N) is 2. The van der Waals surface area contributed by atoms with E-state index in [1.165, 1.54) is 4.70 Å². The van der Waals surface area contributed by atoms with Crippen LogP contribution in [0.4, 0.5) is 5.69 Å². The lowest BCUT2D eigenvalue weighted by molar-refractivity contribution is -0.471. The van der Waals surface area contributed by atoms with Gasteiger partial charge in [-0.3, -0.25) is 0 Å². The first-order valence-corrected chi connectivity index (χ1v) is 4.25. The summed E-state index contributed by atoms with van der Waals surface area (Å²) < 4.78 is 4.86. The van der Waals surface area contributed by atoms with Gasteiger partial charge < -0.3 is 0 Å². The summed E-state index contributed by atoms with van der Waals surface area (Å²) in [4.78, 5) is 0. The predicted molar refractivity (Wildman–Crippen MR) is 50.6 cm³/mol. The van der Waals surface area contributed by atoms with Gasteiger partial charge in [0.1, 0.15) is 16.8 Å². The van der Waals surface area contributed by atoms with E-state index in [2.05, 4.69) is 4.63 Å². The van der Waals surface area contributed by atoms with E-state index in [1.54, 1.807) is 25.2 Å². The van der Waals surface area contributed by atoms with Gasteiger partial charge >= 0.3 is 0 Å². The second kappa shape index (κ2) is 4.08.